The third-order valence-electron chi connectivity index (χ3n) is 20.9. The first-order valence-electron chi connectivity index (χ1n) is 45.2. The molecule has 2 unspecified atom stereocenters. The predicted molar refractivity (Wildman–Crippen MR) is 439 cm³/mol. The molecule has 2 atom stereocenters. The molecule has 0 aliphatic heterocycles. The van der Waals surface area contributed by atoms with Crippen LogP contribution in [-0.2, 0) is 32.7 Å². The van der Waals surface area contributed by atoms with Crippen LogP contribution in [0.1, 0.15) is 483 Å². The van der Waals surface area contributed by atoms with Crippen LogP contribution in [0.15, 0.2) is 36.5 Å². The molecule has 0 N–H and O–H groups in total. The molecule has 0 bridgehead atoms. The predicted octanol–water partition coefficient (Wildman–Crippen LogP) is 29.8. The maximum absolute atomic E-state index is 12.9. The van der Waals surface area contributed by atoms with Gasteiger partial charge in [0.15, 0.2) is 6.10 Å². The zero-order valence-corrected chi connectivity index (χ0v) is 69.5. The van der Waals surface area contributed by atoms with E-state index >= 15 is 0 Å². The van der Waals surface area contributed by atoms with Crippen molar-refractivity contribution in [3.05, 3.63) is 36.5 Å². The topological polar surface area (TPSA) is 111 Å². The van der Waals surface area contributed by atoms with Crippen LogP contribution in [-0.4, -0.2) is 70.0 Å². The van der Waals surface area contributed by atoms with E-state index in [0.29, 0.717) is 17.4 Å². The highest BCUT2D eigenvalue weighted by Gasteiger charge is 2.22. The molecule has 0 aromatic carbocycles. The highest BCUT2D eigenvalue weighted by Crippen LogP contribution is 2.38. The van der Waals surface area contributed by atoms with Crippen LogP contribution >= 0.6 is 7.82 Å². The number of phosphoric ester groups is 1. The third kappa shape index (κ3) is 87.0. The minimum absolute atomic E-state index is 0.0264. The standard InChI is InChI=1S/C91H176NO8P/c1-6-8-10-12-14-16-18-20-22-24-26-28-30-32-34-36-38-40-42-44-45-46-47-48-50-52-54-56-58-60-62-64-66-68-70-72-74-76-78-80-82-84-91(94)100-89(88-99-101(95,96)98-86-85-92(3,4)5)87-97-90(93)83-81-79-77-75-73-71-69-67-65-63-61-59-57-55-53-51-49-43-41-39-37-35-33-31-29-27-25-23-21-19-17-15-13-11-9-7-2/h18,20,24,26,30,32,89H,6-17,19,21-23,25,27-29,31,33-88H2,1-5H3/b20-18-,26-24-,32-30-. The fraction of sp³-hybridized carbons (Fsp3) is 0.912. The summed E-state index contributed by atoms with van der Waals surface area (Å²) >= 11 is 0. The first-order chi connectivity index (χ1) is 49.5. The molecule has 0 aromatic heterocycles. The van der Waals surface area contributed by atoms with Gasteiger partial charge in [-0.25, -0.2) is 0 Å². The lowest BCUT2D eigenvalue weighted by molar-refractivity contribution is -0.870. The number of phosphoric acid groups is 1. The number of hydrogen-bond acceptors (Lipinski definition) is 8. The zero-order valence-electron chi connectivity index (χ0n) is 68.6. The van der Waals surface area contributed by atoms with Crippen LogP contribution in [0.5, 0.6) is 0 Å². The first-order valence-corrected chi connectivity index (χ1v) is 46.7. The fourth-order valence-corrected chi connectivity index (χ4v) is 14.8. The summed E-state index contributed by atoms with van der Waals surface area (Å²) in [5.74, 6) is -0.802. The first kappa shape index (κ1) is 99.2. The normalized spacial score (nSPS) is 13.0. The summed E-state index contributed by atoms with van der Waals surface area (Å²) in [6, 6.07) is 0. The summed E-state index contributed by atoms with van der Waals surface area (Å²) in [5, 5.41) is 0. The Morgan fingerprint density at radius 2 is 0.535 bits per heavy atom. The van der Waals surface area contributed by atoms with Gasteiger partial charge in [-0.15, -0.1) is 0 Å². The average molecular weight is 1440 g/mol. The van der Waals surface area contributed by atoms with E-state index in [1.807, 2.05) is 21.1 Å². The maximum Gasteiger partial charge on any atom is 0.306 e. The number of ether oxygens (including phenoxy) is 2. The Bertz CT molecular complexity index is 1800. The monoisotopic (exact) mass is 1440 g/mol. The highest BCUT2D eigenvalue weighted by atomic mass is 31.2. The molecule has 0 aromatic rings. The van der Waals surface area contributed by atoms with E-state index in [2.05, 4.69) is 50.3 Å². The molecule has 9 nitrogen and oxygen atoms in total. The summed E-state index contributed by atoms with van der Waals surface area (Å²) in [6.45, 7) is 4.33. The second kappa shape index (κ2) is 82.3. The van der Waals surface area contributed by atoms with E-state index < -0.39 is 26.5 Å². The quantitative estimate of drug-likeness (QED) is 0.0195. The van der Waals surface area contributed by atoms with E-state index in [0.717, 1.165) is 44.9 Å². The number of hydrogen-bond donors (Lipinski definition) is 0. The van der Waals surface area contributed by atoms with Crippen molar-refractivity contribution >= 4 is 19.8 Å². The Hall–Kier alpha value is -1.77. The molecule has 0 saturated heterocycles. The van der Waals surface area contributed by atoms with E-state index in [1.165, 1.54) is 405 Å². The van der Waals surface area contributed by atoms with Crippen molar-refractivity contribution < 1.29 is 42.1 Å². The number of quaternary nitrogens is 1. The lowest BCUT2D eigenvalue weighted by Gasteiger charge is -2.28. The van der Waals surface area contributed by atoms with Crippen molar-refractivity contribution in [1.82, 2.24) is 0 Å². The van der Waals surface area contributed by atoms with Crippen LogP contribution in [0.2, 0.25) is 0 Å². The van der Waals surface area contributed by atoms with Gasteiger partial charge in [0, 0.05) is 12.8 Å². The van der Waals surface area contributed by atoms with Crippen LogP contribution in [0.4, 0.5) is 0 Å². The number of esters is 2. The molecule has 0 fully saturated rings. The minimum atomic E-state index is -4.64. The van der Waals surface area contributed by atoms with Gasteiger partial charge in [0.05, 0.1) is 27.7 Å². The van der Waals surface area contributed by atoms with E-state index in [1.54, 1.807) is 0 Å². The fourth-order valence-electron chi connectivity index (χ4n) is 14.0. The Morgan fingerprint density at radius 1 is 0.307 bits per heavy atom. The summed E-state index contributed by atoms with van der Waals surface area (Å²) in [7, 11) is 1.20. The lowest BCUT2D eigenvalue weighted by atomic mass is 10.0. The summed E-state index contributed by atoms with van der Waals surface area (Å²) in [5.41, 5.74) is 0. The van der Waals surface area contributed by atoms with Gasteiger partial charge in [0.1, 0.15) is 19.8 Å². The van der Waals surface area contributed by atoms with Gasteiger partial charge >= 0.3 is 11.9 Å². The van der Waals surface area contributed by atoms with Crippen molar-refractivity contribution in [3.63, 3.8) is 0 Å². The number of likely N-dealkylation sites (N-methyl/N-ethyl adjacent to an activating group) is 1. The molecule has 598 valence electrons. The number of nitrogens with zero attached hydrogens (tertiary/aromatic N) is 1. The number of allylic oxidation sites excluding steroid dienone is 6. The van der Waals surface area contributed by atoms with Crippen LogP contribution < -0.4 is 4.89 Å². The summed E-state index contributed by atoms with van der Waals surface area (Å²) < 4.78 is 34.5. The van der Waals surface area contributed by atoms with Crippen molar-refractivity contribution in [1.29, 1.82) is 0 Å². The molecule has 10 heteroatoms. The zero-order chi connectivity index (χ0) is 73.3. The smallest absolute Gasteiger partial charge is 0.306 e. The second-order valence-electron chi connectivity index (χ2n) is 32.3. The van der Waals surface area contributed by atoms with Crippen molar-refractivity contribution in [2.75, 3.05) is 47.5 Å². The number of rotatable bonds is 86. The molecule has 101 heavy (non-hydrogen) atoms. The molecule has 0 radical (unpaired) electrons. The van der Waals surface area contributed by atoms with Gasteiger partial charge in [0.2, 0.25) is 0 Å². The van der Waals surface area contributed by atoms with Gasteiger partial charge in [-0.2, -0.15) is 0 Å². The van der Waals surface area contributed by atoms with Gasteiger partial charge in [-0.3, -0.25) is 14.2 Å². The molecule has 0 aliphatic rings. The summed E-state index contributed by atoms with van der Waals surface area (Å²) in [6.07, 6.45) is 109. The summed E-state index contributed by atoms with van der Waals surface area (Å²) in [4.78, 5) is 38.3. The largest absolute Gasteiger partial charge is 0.756 e. The third-order valence-corrected chi connectivity index (χ3v) is 21.9. The lowest BCUT2D eigenvalue weighted by Crippen LogP contribution is -2.37. The molecular weight excluding hydrogens is 1270 g/mol. The van der Waals surface area contributed by atoms with Crippen molar-refractivity contribution in [2.24, 2.45) is 0 Å². The Balaban J connectivity index is 3.83. The molecular formula is C91H176NO8P. The minimum Gasteiger partial charge on any atom is -0.756 e. The molecule has 0 spiro atoms. The van der Waals surface area contributed by atoms with Crippen LogP contribution in [0.3, 0.4) is 0 Å². The SMILES string of the molecule is CCCCCCC/C=C\C/C=C\C/C=C\CCCCCCCCCCCCCCCCCCCCCCCCCCCCC(=O)OC(COC(=O)CCCCCCCCCCCCCCCCCCCCCCCCCCCCCCCCCCCCCC)COP(=O)([O-])OCC[N+](C)(C)C. The van der Waals surface area contributed by atoms with E-state index in [4.69, 9.17) is 18.5 Å². The number of carbonyl (C=O) groups is 2. The van der Waals surface area contributed by atoms with Crippen molar-refractivity contribution in [2.45, 2.75) is 489 Å². The Kier molecular flexibility index (Phi) is 80.8. The number of carbonyl (C=O) groups excluding carboxylic acids is 2. The Labute approximate surface area is 631 Å². The van der Waals surface area contributed by atoms with Crippen LogP contribution in [0, 0.1) is 0 Å². The average Bonchev–Trinajstić information content (AvgIpc) is 1.02. The molecule has 0 rings (SSSR count). The van der Waals surface area contributed by atoms with Gasteiger partial charge < -0.3 is 27.9 Å². The number of unbranched alkanes of at least 4 members (excludes halogenated alkanes) is 66. The molecule has 0 aliphatic carbocycles. The molecule has 0 heterocycles. The maximum atomic E-state index is 12.9. The Morgan fingerprint density at radius 3 is 0.792 bits per heavy atom. The van der Waals surface area contributed by atoms with Gasteiger partial charge in [0.25, 0.3) is 7.82 Å². The molecule has 0 saturated carbocycles. The van der Waals surface area contributed by atoms with Gasteiger partial charge in [-0.1, -0.05) is 455 Å². The second-order valence-corrected chi connectivity index (χ2v) is 33.7. The van der Waals surface area contributed by atoms with Crippen LogP contribution in [0.25, 0.3) is 0 Å². The van der Waals surface area contributed by atoms with Gasteiger partial charge in [-0.05, 0) is 51.4 Å². The highest BCUT2D eigenvalue weighted by molar-refractivity contribution is 7.45. The van der Waals surface area contributed by atoms with E-state index in [-0.39, 0.29) is 32.0 Å². The van der Waals surface area contributed by atoms with Crippen molar-refractivity contribution in [3.8, 4) is 0 Å². The van der Waals surface area contributed by atoms with E-state index in [9.17, 15) is 19.0 Å². The molecule has 0 amide bonds.